The second kappa shape index (κ2) is 7.98. The average molecular weight is 369 g/mol. The molecule has 2 aromatic rings. The Balaban J connectivity index is 1.32. The molecule has 2 saturated heterocycles. The Morgan fingerprint density at radius 1 is 0.926 bits per heavy atom. The predicted molar refractivity (Wildman–Crippen MR) is 104 cm³/mol. The fourth-order valence-corrected chi connectivity index (χ4v) is 4.10. The summed E-state index contributed by atoms with van der Waals surface area (Å²) in [7, 11) is 0. The van der Waals surface area contributed by atoms with Crippen LogP contribution in [0.1, 0.15) is 38.5 Å². The molecule has 0 unspecified atom stereocenters. The number of aromatic nitrogens is 2. The van der Waals surface area contributed by atoms with Crippen molar-refractivity contribution < 1.29 is 9.59 Å². The number of imidazole rings is 1. The van der Waals surface area contributed by atoms with Gasteiger partial charge in [0, 0.05) is 32.1 Å². The minimum atomic E-state index is -0.140. The molecule has 2 aliphatic heterocycles. The minimum Gasteiger partial charge on any atom is -0.342 e. The van der Waals surface area contributed by atoms with Crippen LogP contribution in [0.2, 0.25) is 0 Å². The number of amides is 3. The van der Waals surface area contributed by atoms with Gasteiger partial charge in [0.15, 0.2) is 0 Å². The van der Waals surface area contributed by atoms with Crippen LogP contribution in [0.4, 0.5) is 4.79 Å². The maximum absolute atomic E-state index is 12.8. The first kappa shape index (κ1) is 17.8. The van der Waals surface area contributed by atoms with E-state index in [0.717, 1.165) is 49.8 Å². The number of carbonyl (C=O) groups excluding carboxylic acids is 2. The summed E-state index contributed by atoms with van der Waals surface area (Å²) in [5.41, 5.74) is 4.62. The summed E-state index contributed by atoms with van der Waals surface area (Å²) in [4.78, 5) is 33.5. The SMILES string of the molecule is O=C(Nn1cnc2ccccc21)N1CCC(C(=O)N2CCCCCC2)CC1. The molecule has 1 aromatic carbocycles. The number of likely N-dealkylation sites (tertiary alicyclic amines) is 2. The van der Waals surface area contributed by atoms with Crippen LogP contribution in [0.25, 0.3) is 11.0 Å². The van der Waals surface area contributed by atoms with Gasteiger partial charge in [-0.3, -0.25) is 4.79 Å². The quantitative estimate of drug-likeness (QED) is 0.885. The highest BCUT2D eigenvalue weighted by Crippen LogP contribution is 2.22. The number of hydrogen-bond donors (Lipinski definition) is 1. The molecule has 0 atom stereocenters. The molecular formula is C20H27N5O2. The molecule has 2 fully saturated rings. The van der Waals surface area contributed by atoms with Gasteiger partial charge in [0.25, 0.3) is 0 Å². The van der Waals surface area contributed by atoms with Crippen molar-refractivity contribution in [2.75, 3.05) is 31.6 Å². The van der Waals surface area contributed by atoms with Crippen LogP contribution in [0.3, 0.4) is 0 Å². The van der Waals surface area contributed by atoms with E-state index in [1.54, 1.807) is 15.9 Å². The zero-order valence-corrected chi connectivity index (χ0v) is 15.6. The highest BCUT2D eigenvalue weighted by molar-refractivity contribution is 5.85. The number of carbonyl (C=O) groups is 2. The lowest BCUT2D eigenvalue weighted by Crippen LogP contribution is -2.47. The monoisotopic (exact) mass is 369 g/mol. The van der Waals surface area contributed by atoms with Crippen molar-refractivity contribution in [3.63, 3.8) is 0 Å². The zero-order valence-electron chi connectivity index (χ0n) is 15.6. The number of benzene rings is 1. The fraction of sp³-hybridized carbons (Fsp3) is 0.550. The Hall–Kier alpha value is -2.57. The van der Waals surface area contributed by atoms with Crippen LogP contribution in [0.15, 0.2) is 30.6 Å². The maximum atomic E-state index is 12.8. The molecule has 0 saturated carbocycles. The Morgan fingerprint density at radius 3 is 2.37 bits per heavy atom. The molecule has 7 heteroatoms. The van der Waals surface area contributed by atoms with Crippen molar-refractivity contribution in [3.05, 3.63) is 30.6 Å². The van der Waals surface area contributed by atoms with Gasteiger partial charge in [-0.2, -0.15) is 0 Å². The van der Waals surface area contributed by atoms with E-state index in [4.69, 9.17) is 0 Å². The second-order valence-electron chi connectivity index (χ2n) is 7.52. The third-order valence-corrected chi connectivity index (χ3v) is 5.72. The molecule has 1 N–H and O–H groups in total. The van der Waals surface area contributed by atoms with Gasteiger partial charge in [0.05, 0.1) is 11.0 Å². The standard InChI is InChI=1S/C20H27N5O2/c26-19(23-11-5-1-2-6-12-23)16-9-13-24(14-10-16)20(27)22-25-15-21-17-7-3-4-8-18(17)25/h3-4,7-8,15-16H,1-2,5-6,9-14H2,(H,22,27). The lowest BCUT2D eigenvalue weighted by Gasteiger charge is -2.34. The number of piperidine rings is 1. The van der Waals surface area contributed by atoms with Crippen molar-refractivity contribution in [3.8, 4) is 0 Å². The first-order valence-electron chi connectivity index (χ1n) is 9.99. The number of fused-ring (bicyclic) bond motifs is 1. The summed E-state index contributed by atoms with van der Waals surface area (Å²) in [5.74, 6) is 0.346. The first-order valence-corrected chi connectivity index (χ1v) is 9.99. The molecule has 0 bridgehead atoms. The molecule has 2 aliphatic rings. The average Bonchev–Trinajstić information content (AvgIpc) is 2.92. The van der Waals surface area contributed by atoms with Crippen molar-refractivity contribution in [1.82, 2.24) is 19.5 Å². The summed E-state index contributed by atoms with van der Waals surface area (Å²) >= 11 is 0. The van der Waals surface area contributed by atoms with Crippen molar-refractivity contribution in [2.24, 2.45) is 5.92 Å². The Morgan fingerprint density at radius 2 is 1.63 bits per heavy atom. The summed E-state index contributed by atoms with van der Waals surface area (Å²) < 4.78 is 1.66. The molecular weight excluding hydrogens is 342 g/mol. The van der Waals surface area contributed by atoms with Crippen molar-refractivity contribution in [2.45, 2.75) is 38.5 Å². The number of rotatable bonds is 2. The highest BCUT2D eigenvalue weighted by Gasteiger charge is 2.30. The molecule has 144 valence electrons. The zero-order chi connectivity index (χ0) is 18.6. The van der Waals surface area contributed by atoms with E-state index in [0.29, 0.717) is 13.1 Å². The first-order chi connectivity index (χ1) is 13.2. The van der Waals surface area contributed by atoms with Crippen LogP contribution in [-0.2, 0) is 4.79 Å². The van der Waals surface area contributed by atoms with Gasteiger partial charge in [0.1, 0.15) is 6.33 Å². The topological polar surface area (TPSA) is 70.5 Å². The summed E-state index contributed by atoms with van der Waals surface area (Å²) in [6.45, 7) is 3.02. The van der Waals surface area contributed by atoms with Crippen molar-refractivity contribution in [1.29, 1.82) is 0 Å². The largest absolute Gasteiger partial charge is 0.342 e. The molecule has 0 spiro atoms. The number of hydrogen-bond acceptors (Lipinski definition) is 3. The second-order valence-corrected chi connectivity index (χ2v) is 7.52. The van der Waals surface area contributed by atoms with Gasteiger partial charge in [0.2, 0.25) is 5.91 Å². The van der Waals surface area contributed by atoms with E-state index < -0.39 is 0 Å². The third-order valence-electron chi connectivity index (χ3n) is 5.72. The Kier molecular flexibility index (Phi) is 5.27. The normalized spacial score (nSPS) is 19.1. The van der Waals surface area contributed by atoms with Crippen LogP contribution in [0, 0.1) is 5.92 Å². The lowest BCUT2D eigenvalue weighted by molar-refractivity contribution is -0.136. The molecule has 0 aliphatic carbocycles. The van der Waals surface area contributed by atoms with E-state index >= 15 is 0 Å². The number of nitrogens with one attached hydrogen (secondary N) is 1. The predicted octanol–water partition coefficient (Wildman–Crippen LogP) is 2.81. The van der Waals surface area contributed by atoms with Crippen LogP contribution in [-0.4, -0.2) is 57.6 Å². The third kappa shape index (κ3) is 3.91. The number of para-hydroxylation sites is 2. The van der Waals surface area contributed by atoms with E-state index in [-0.39, 0.29) is 17.9 Å². The molecule has 1 aromatic heterocycles. The van der Waals surface area contributed by atoms with Gasteiger partial charge in [-0.1, -0.05) is 25.0 Å². The van der Waals surface area contributed by atoms with Gasteiger partial charge >= 0.3 is 6.03 Å². The van der Waals surface area contributed by atoms with Crippen LogP contribution >= 0.6 is 0 Å². The van der Waals surface area contributed by atoms with Crippen LogP contribution < -0.4 is 5.43 Å². The molecule has 3 heterocycles. The van der Waals surface area contributed by atoms with Crippen LogP contribution in [0.5, 0.6) is 0 Å². The van der Waals surface area contributed by atoms with Gasteiger partial charge in [-0.15, -0.1) is 0 Å². The molecule has 3 amide bonds. The van der Waals surface area contributed by atoms with Gasteiger partial charge < -0.3 is 9.80 Å². The molecule has 4 rings (SSSR count). The smallest absolute Gasteiger partial charge is 0.336 e. The van der Waals surface area contributed by atoms with Crippen molar-refractivity contribution >= 4 is 23.0 Å². The summed E-state index contributed by atoms with van der Waals surface area (Å²) in [5, 5.41) is 0. The van der Waals surface area contributed by atoms with Gasteiger partial charge in [-0.25, -0.2) is 19.9 Å². The number of urea groups is 1. The summed E-state index contributed by atoms with van der Waals surface area (Å²) in [6.07, 6.45) is 7.80. The van der Waals surface area contributed by atoms with E-state index in [2.05, 4.69) is 10.4 Å². The minimum absolute atomic E-state index is 0.0567. The molecule has 27 heavy (non-hydrogen) atoms. The summed E-state index contributed by atoms with van der Waals surface area (Å²) in [6, 6.07) is 7.55. The number of nitrogens with zero attached hydrogens (tertiary/aromatic N) is 4. The fourth-order valence-electron chi connectivity index (χ4n) is 4.10. The highest BCUT2D eigenvalue weighted by atomic mass is 16.2. The van der Waals surface area contributed by atoms with E-state index in [1.165, 1.54) is 12.8 Å². The van der Waals surface area contributed by atoms with Gasteiger partial charge in [-0.05, 0) is 37.8 Å². The lowest BCUT2D eigenvalue weighted by atomic mass is 9.95. The molecule has 7 nitrogen and oxygen atoms in total. The Labute approximate surface area is 159 Å². The van der Waals surface area contributed by atoms with E-state index in [1.807, 2.05) is 29.2 Å². The molecule has 0 radical (unpaired) electrons. The maximum Gasteiger partial charge on any atom is 0.336 e. The van der Waals surface area contributed by atoms with E-state index in [9.17, 15) is 9.59 Å². The Bertz CT molecular complexity index is 802.